The van der Waals surface area contributed by atoms with Gasteiger partial charge in [-0.1, -0.05) is 49.2 Å². The summed E-state index contributed by atoms with van der Waals surface area (Å²) in [5.41, 5.74) is 6.50. The maximum Gasteiger partial charge on any atom is 0.227 e. The van der Waals surface area contributed by atoms with Crippen LogP contribution in [0.1, 0.15) is 19.4 Å². The highest BCUT2D eigenvalue weighted by Crippen LogP contribution is 2.26. The van der Waals surface area contributed by atoms with Crippen LogP contribution in [0.25, 0.3) is 0 Å². The van der Waals surface area contributed by atoms with Gasteiger partial charge in [-0.15, -0.1) is 0 Å². The molecule has 19 heavy (non-hydrogen) atoms. The molecule has 1 rings (SSSR count). The molecule has 0 aromatic heterocycles. The van der Waals surface area contributed by atoms with E-state index in [1.807, 2.05) is 26.0 Å². The molecule has 2 N–H and O–H groups in total. The van der Waals surface area contributed by atoms with Crippen molar-refractivity contribution in [2.24, 2.45) is 17.6 Å². The van der Waals surface area contributed by atoms with Crippen molar-refractivity contribution < 1.29 is 4.79 Å². The normalized spacial score (nSPS) is 12.6. The molecule has 0 saturated carbocycles. The van der Waals surface area contributed by atoms with Gasteiger partial charge in [0.25, 0.3) is 0 Å². The van der Waals surface area contributed by atoms with E-state index in [0.717, 1.165) is 5.56 Å². The zero-order valence-electron chi connectivity index (χ0n) is 11.5. The molecule has 1 aromatic carbocycles. The highest BCUT2D eigenvalue weighted by atomic mass is 35.5. The minimum Gasteiger partial charge on any atom is -0.341 e. The Bertz CT molecular complexity index is 449. The van der Waals surface area contributed by atoms with E-state index in [1.54, 1.807) is 18.0 Å². The van der Waals surface area contributed by atoms with Gasteiger partial charge in [-0.25, -0.2) is 0 Å². The first-order valence-corrected chi connectivity index (χ1v) is 7.02. The summed E-state index contributed by atoms with van der Waals surface area (Å²) in [7, 11) is 1.75. The molecular weight excluding hydrogens is 283 g/mol. The van der Waals surface area contributed by atoms with Crippen molar-refractivity contribution in [3.05, 3.63) is 33.8 Å². The maximum atomic E-state index is 12.3. The number of hydrogen-bond acceptors (Lipinski definition) is 2. The molecule has 1 aromatic rings. The molecule has 0 aliphatic rings. The van der Waals surface area contributed by atoms with Crippen LogP contribution >= 0.6 is 23.2 Å². The number of benzene rings is 1. The summed E-state index contributed by atoms with van der Waals surface area (Å²) in [5, 5.41) is 0.997. The molecule has 0 bridgehead atoms. The Hall–Kier alpha value is -0.770. The molecule has 5 heteroatoms. The third-order valence-electron chi connectivity index (χ3n) is 3.19. The monoisotopic (exact) mass is 302 g/mol. The van der Waals surface area contributed by atoms with Crippen molar-refractivity contribution in [1.82, 2.24) is 4.90 Å². The summed E-state index contributed by atoms with van der Waals surface area (Å²) in [6, 6.07) is 5.42. The van der Waals surface area contributed by atoms with Gasteiger partial charge in [0.1, 0.15) is 0 Å². The first kappa shape index (κ1) is 16.3. The topological polar surface area (TPSA) is 46.3 Å². The van der Waals surface area contributed by atoms with Gasteiger partial charge in [-0.05, 0) is 17.5 Å². The fourth-order valence-corrected chi connectivity index (χ4v) is 2.33. The molecule has 3 nitrogen and oxygen atoms in total. The van der Waals surface area contributed by atoms with Crippen LogP contribution in [0.3, 0.4) is 0 Å². The van der Waals surface area contributed by atoms with Crippen molar-refractivity contribution in [3.63, 3.8) is 0 Å². The van der Waals surface area contributed by atoms with E-state index in [9.17, 15) is 4.79 Å². The number of nitrogens with zero attached hydrogens (tertiary/aromatic N) is 1. The Morgan fingerprint density at radius 1 is 1.37 bits per heavy atom. The lowest BCUT2D eigenvalue weighted by Crippen LogP contribution is -2.38. The summed E-state index contributed by atoms with van der Waals surface area (Å²) in [6.45, 7) is 4.77. The van der Waals surface area contributed by atoms with Gasteiger partial charge in [-0.2, -0.15) is 0 Å². The number of carbonyl (C=O) groups excluding carboxylic acids is 1. The molecule has 0 heterocycles. The molecular formula is C14H20Cl2N2O. The zero-order chi connectivity index (χ0) is 14.6. The second-order valence-electron chi connectivity index (χ2n) is 4.99. The average molecular weight is 303 g/mol. The van der Waals surface area contributed by atoms with E-state index in [2.05, 4.69) is 0 Å². The first-order chi connectivity index (χ1) is 8.88. The van der Waals surface area contributed by atoms with Crippen LogP contribution in [0.5, 0.6) is 0 Å². The minimum absolute atomic E-state index is 0.0357. The van der Waals surface area contributed by atoms with E-state index in [0.29, 0.717) is 23.1 Å². The average Bonchev–Trinajstić information content (AvgIpc) is 2.35. The second-order valence-corrected chi connectivity index (χ2v) is 5.78. The third kappa shape index (κ3) is 4.10. The van der Waals surface area contributed by atoms with Crippen LogP contribution < -0.4 is 5.73 Å². The summed E-state index contributed by atoms with van der Waals surface area (Å²) in [4.78, 5) is 13.9. The van der Waals surface area contributed by atoms with Crippen molar-refractivity contribution in [3.8, 4) is 0 Å². The zero-order valence-corrected chi connectivity index (χ0v) is 13.0. The highest BCUT2D eigenvalue weighted by molar-refractivity contribution is 6.42. The van der Waals surface area contributed by atoms with Gasteiger partial charge in [0.05, 0.1) is 16.0 Å². The SMILES string of the molecule is CC(C)C(CN)C(=O)N(C)Cc1cccc(Cl)c1Cl. The molecule has 0 saturated heterocycles. The minimum atomic E-state index is -0.164. The molecule has 0 spiro atoms. The third-order valence-corrected chi connectivity index (χ3v) is 4.05. The lowest BCUT2D eigenvalue weighted by molar-refractivity contribution is -0.135. The molecule has 0 fully saturated rings. The van der Waals surface area contributed by atoms with Gasteiger partial charge < -0.3 is 10.6 Å². The van der Waals surface area contributed by atoms with Gasteiger partial charge in [0.15, 0.2) is 0 Å². The fraction of sp³-hybridized carbons (Fsp3) is 0.500. The molecule has 1 amide bonds. The van der Waals surface area contributed by atoms with Crippen molar-refractivity contribution in [2.75, 3.05) is 13.6 Å². The first-order valence-electron chi connectivity index (χ1n) is 6.26. The lowest BCUT2D eigenvalue weighted by atomic mass is 9.94. The molecule has 1 atom stereocenters. The van der Waals surface area contributed by atoms with Gasteiger partial charge in [0.2, 0.25) is 5.91 Å². The summed E-state index contributed by atoms with van der Waals surface area (Å²) < 4.78 is 0. The van der Waals surface area contributed by atoms with Crippen LogP contribution in [0, 0.1) is 11.8 Å². The van der Waals surface area contributed by atoms with Crippen molar-refractivity contribution in [1.29, 1.82) is 0 Å². The van der Waals surface area contributed by atoms with E-state index < -0.39 is 0 Å². The fourth-order valence-electron chi connectivity index (χ4n) is 1.95. The number of carbonyl (C=O) groups is 1. The van der Waals surface area contributed by atoms with Crippen LogP contribution in [-0.4, -0.2) is 24.4 Å². The molecule has 0 radical (unpaired) electrons. The maximum absolute atomic E-state index is 12.3. The largest absolute Gasteiger partial charge is 0.341 e. The molecule has 106 valence electrons. The van der Waals surface area contributed by atoms with Crippen LogP contribution in [0.2, 0.25) is 10.0 Å². The predicted octanol–water partition coefficient (Wildman–Crippen LogP) is 3.18. The quantitative estimate of drug-likeness (QED) is 0.908. The number of rotatable bonds is 5. The van der Waals surface area contributed by atoms with E-state index >= 15 is 0 Å². The Labute approximate surface area is 124 Å². The Morgan fingerprint density at radius 3 is 2.53 bits per heavy atom. The number of hydrogen-bond donors (Lipinski definition) is 1. The summed E-state index contributed by atoms with van der Waals surface area (Å²) in [5.74, 6) is 0.0892. The van der Waals surface area contributed by atoms with Gasteiger partial charge in [-0.3, -0.25) is 4.79 Å². The van der Waals surface area contributed by atoms with Gasteiger partial charge in [0, 0.05) is 20.1 Å². The van der Waals surface area contributed by atoms with Crippen LogP contribution in [0.15, 0.2) is 18.2 Å². The van der Waals surface area contributed by atoms with Crippen LogP contribution in [0.4, 0.5) is 0 Å². The number of nitrogens with two attached hydrogens (primary N) is 1. The highest BCUT2D eigenvalue weighted by Gasteiger charge is 2.24. The smallest absolute Gasteiger partial charge is 0.227 e. The van der Waals surface area contributed by atoms with Crippen LogP contribution in [-0.2, 0) is 11.3 Å². The van der Waals surface area contributed by atoms with Crippen molar-refractivity contribution >= 4 is 29.1 Å². The predicted molar refractivity (Wildman–Crippen MR) is 80.3 cm³/mol. The summed E-state index contributed by atoms with van der Waals surface area (Å²) >= 11 is 12.1. The Balaban J connectivity index is 2.82. The van der Waals surface area contributed by atoms with E-state index in [4.69, 9.17) is 28.9 Å². The lowest BCUT2D eigenvalue weighted by Gasteiger charge is -2.25. The molecule has 0 aliphatic carbocycles. The van der Waals surface area contributed by atoms with Gasteiger partial charge >= 0.3 is 0 Å². The molecule has 0 aliphatic heterocycles. The van der Waals surface area contributed by atoms with Crippen molar-refractivity contribution in [2.45, 2.75) is 20.4 Å². The number of halogens is 2. The second kappa shape index (κ2) is 7.13. The Kier molecular flexibility index (Phi) is 6.11. The van der Waals surface area contributed by atoms with E-state index in [1.165, 1.54) is 0 Å². The summed E-state index contributed by atoms with van der Waals surface area (Å²) in [6.07, 6.45) is 0. The molecule has 1 unspecified atom stereocenters. The Morgan fingerprint density at radius 2 is 2.00 bits per heavy atom. The standard InChI is InChI=1S/C14H20Cl2N2O/c1-9(2)11(7-17)14(19)18(3)8-10-5-4-6-12(15)13(10)16/h4-6,9,11H,7-8,17H2,1-3H3. The number of amides is 1. The van der Waals surface area contributed by atoms with E-state index in [-0.39, 0.29) is 17.7 Å².